The zero-order valence-electron chi connectivity index (χ0n) is 11.9. The number of carbonyl (C=O) groups excluding carboxylic acids is 1. The molecule has 1 aromatic carbocycles. The number of nitrogens with one attached hydrogen (secondary N) is 2. The van der Waals surface area contributed by atoms with Gasteiger partial charge in [-0.3, -0.25) is 4.79 Å². The first-order chi connectivity index (χ1) is 9.74. The molecule has 1 amide bonds. The fourth-order valence-electron chi connectivity index (χ4n) is 1.98. The smallest absolute Gasteiger partial charge is 0.267 e. The van der Waals surface area contributed by atoms with Gasteiger partial charge in [0.1, 0.15) is 11.4 Å². The van der Waals surface area contributed by atoms with E-state index in [-0.39, 0.29) is 5.91 Å². The van der Waals surface area contributed by atoms with Gasteiger partial charge < -0.3 is 19.8 Å². The number of aromatic nitrogens is 1. The summed E-state index contributed by atoms with van der Waals surface area (Å²) in [5, 5.41) is 3.83. The van der Waals surface area contributed by atoms with Crippen molar-refractivity contribution in [3.05, 3.63) is 30.0 Å². The van der Waals surface area contributed by atoms with Crippen LogP contribution in [0.4, 0.5) is 0 Å². The third-order valence-electron chi connectivity index (χ3n) is 3.03. The Kier molecular flexibility index (Phi) is 5.01. The Hall–Kier alpha value is -2.01. The number of rotatable bonds is 7. The predicted molar refractivity (Wildman–Crippen MR) is 78.3 cm³/mol. The normalized spacial score (nSPS) is 10.7. The molecule has 108 valence electrons. The van der Waals surface area contributed by atoms with E-state index in [0.717, 1.165) is 23.1 Å². The fourth-order valence-corrected chi connectivity index (χ4v) is 1.98. The number of hydrogen-bond donors (Lipinski definition) is 2. The highest BCUT2D eigenvalue weighted by Gasteiger charge is 2.09. The van der Waals surface area contributed by atoms with E-state index >= 15 is 0 Å². The molecule has 0 aliphatic rings. The van der Waals surface area contributed by atoms with Gasteiger partial charge in [0.15, 0.2) is 0 Å². The van der Waals surface area contributed by atoms with Gasteiger partial charge in [-0.05, 0) is 37.6 Å². The Bertz CT molecular complexity index is 578. The van der Waals surface area contributed by atoms with Gasteiger partial charge in [-0.1, -0.05) is 0 Å². The van der Waals surface area contributed by atoms with Gasteiger partial charge in [0.05, 0.1) is 7.11 Å². The summed E-state index contributed by atoms with van der Waals surface area (Å²) in [6.07, 6.45) is 0.813. The van der Waals surface area contributed by atoms with Crippen molar-refractivity contribution in [1.82, 2.24) is 10.3 Å². The Morgan fingerprint density at radius 2 is 2.20 bits per heavy atom. The number of carbonyl (C=O) groups is 1. The van der Waals surface area contributed by atoms with E-state index in [1.807, 2.05) is 31.2 Å². The number of aromatic amines is 1. The minimum Gasteiger partial charge on any atom is -0.497 e. The molecule has 0 spiro atoms. The van der Waals surface area contributed by atoms with Gasteiger partial charge in [0.2, 0.25) is 0 Å². The van der Waals surface area contributed by atoms with Gasteiger partial charge >= 0.3 is 0 Å². The largest absolute Gasteiger partial charge is 0.497 e. The maximum Gasteiger partial charge on any atom is 0.267 e. The first-order valence-electron chi connectivity index (χ1n) is 6.77. The van der Waals surface area contributed by atoms with E-state index in [1.54, 1.807) is 7.11 Å². The van der Waals surface area contributed by atoms with Crippen molar-refractivity contribution in [2.75, 3.05) is 26.9 Å². The van der Waals surface area contributed by atoms with E-state index in [9.17, 15) is 4.79 Å². The zero-order chi connectivity index (χ0) is 14.4. The molecule has 20 heavy (non-hydrogen) atoms. The summed E-state index contributed by atoms with van der Waals surface area (Å²) < 4.78 is 10.4. The van der Waals surface area contributed by atoms with E-state index in [1.165, 1.54) is 0 Å². The summed E-state index contributed by atoms with van der Waals surface area (Å²) in [7, 11) is 1.62. The summed E-state index contributed by atoms with van der Waals surface area (Å²) in [4.78, 5) is 15.1. The van der Waals surface area contributed by atoms with E-state index in [2.05, 4.69) is 10.3 Å². The minimum atomic E-state index is -0.100. The molecule has 5 nitrogen and oxygen atoms in total. The molecule has 0 atom stereocenters. The molecule has 0 aliphatic carbocycles. The van der Waals surface area contributed by atoms with Crippen LogP contribution in [0.15, 0.2) is 24.3 Å². The van der Waals surface area contributed by atoms with Crippen molar-refractivity contribution < 1.29 is 14.3 Å². The lowest BCUT2D eigenvalue weighted by Crippen LogP contribution is -2.25. The van der Waals surface area contributed by atoms with Gasteiger partial charge in [-0.25, -0.2) is 0 Å². The molecular weight excluding hydrogens is 256 g/mol. The average Bonchev–Trinajstić information content (AvgIpc) is 2.89. The molecule has 0 unspecified atom stereocenters. The SMILES string of the molecule is CCOCCCNC(=O)c1cc2cc(OC)ccc2[nH]1. The molecule has 5 heteroatoms. The third kappa shape index (κ3) is 3.51. The monoisotopic (exact) mass is 276 g/mol. The summed E-state index contributed by atoms with van der Waals surface area (Å²) in [5.41, 5.74) is 1.48. The van der Waals surface area contributed by atoms with Crippen molar-refractivity contribution in [1.29, 1.82) is 0 Å². The molecule has 0 bridgehead atoms. The molecule has 1 aromatic heterocycles. The van der Waals surface area contributed by atoms with Crippen molar-refractivity contribution in [3.63, 3.8) is 0 Å². The number of H-pyrrole nitrogens is 1. The fraction of sp³-hybridized carbons (Fsp3) is 0.400. The van der Waals surface area contributed by atoms with Gasteiger partial charge in [0, 0.05) is 30.7 Å². The van der Waals surface area contributed by atoms with Crippen LogP contribution < -0.4 is 10.1 Å². The lowest BCUT2D eigenvalue weighted by Gasteiger charge is -2.03. The van der Waals surface area contributed by atoms with Crippen LogP contribution in [0.1, 0.15) is 23.8 Å². The van der Waals surface area contributed by atoms with Crippen LogP contribution >= 0.6 is 0 Å². The molecule has 1 heterocycles. The van der Waals surface area contributed by atoms with E-state index in [0.29, 0.717) is 25.5 Å². The Labute approximate surface area is 118 Å². The second-order valence-corrected chi connectivity index (χ2v) is 4.44. The summed E-state index contributed by atoms with van der Waals surface area (Å²) in [6, 6.07) is 7.50. The predicted octanol–water partition coefficient (Wildman–Crippen LogP) is 2.33. The maximum absolute atomic E-state index is 12.0. The van der Waals surface area contributed by atoms with Crippen LogP contribution in [0.25, 0.3) is 10.9 Å². The molecule has 0 saturated heterocycles. The van der Waals surface area contributed by atoms with Crippen molar-refractivity contribution >= 4 is 16.8 Å². The van der Waals surface area contributed by atoms with E-state index < -0.39 is 0 Å². The minimum absolute atomic E-state index is 0.100. The van der Waals surface area contributed by atoms with Crippen LogP contribution in [0.5, 0.6) is 5.75 Å². The topological polar surface area (TPSA) is 63.4 Å². The lowest BCUT2D eigenvalue weighted by molar-refractivity contribution is 0.0940. The quantitative estimate of drug-likeness (QED) is 0.763. The summed E-state index contributed by atoms with van der Waals surface area (Å²) in [6.45, 7) is 3.94. The molecular formula is C15H20N2O3. The standard InChI is InChI=1S/C15H20N2O3/c1-3-20-8-4-7-16-15(18)14-10-11-9-12(19-2)5-6-13(11)17-14/h5-6,9-10,17H,3-4,7-8H2,1-2H3,(H,16,18). The highest BCUT2D eigenvalue weighted by atomic mass is 16.5. The number of methoxy groups -OCH3 is 1. The zero-order valence-corrected chi connectivity index (χ0v) is 11.9. The highest BCUT2D eigenvalue weighted by molar-refractivity contribution is 5.98. The molecule has 0 saturated carbocycles. The van der Waals surface area contributed by atoms with Crippen molar-refractivity contribution in [2.24, 2.45) is 0 Å². The van der Waals surface area contributed by atoms with Crippen LogP contribution in [0.2, 0.25) is 0 Å². The van der Waals surface area contributed by atoms with Crippen LogP contribution in [0, 0.1) is 0 Å². The lowest BCUT2D eigenvalue weighted by atomic mass is 10.2. The first kappa shape index (κ1) is 14.4. The number of benzene rings is 1. The number of amides is 1. The molecule has 0 aliphatic heterocycles. The second-order valence-electron chi connectivity index (χ2n) is 4.44. The Morgan fingerprint density at radius 1 is 1.35 bits per heavy atom. The van der Waals surface area contributed by atoms with Gasteiger partial charge in [0.25, 0.3) is 5.91 Å². The maximum atomic E-state index is 12.0. The molecule has 2 N–H and O–H groups in total. The Morgan fingerprint density at radius 3 is 2.95 bits per heavy atom. The summed E-state index contributed by atoms with van der Waals surface area (Å²) >= 11 is 0. The second kappa shape index (κ2) is 6.96. The van der Waals surface area contributed by atoms with E-state index in [4.69, 9.17) is 9.47 Å². The van der Waals surface area contributed by atoms with Crippen LogP contribution in [-0.4, -0.2) is 37.8 Å². The molecule has 0 radical (unpaired) electrons. The van der Waals surface area contributed by atoms with Crippen molar-refractivity contribution in [3.8, 4) is 5.75 Å². The Balaban J connectivity index is 1.96. The van der Waals surface area contributed by atoms with Gasteiger partial charge in [-0.2, -0.15) is 0 Å². The number of hydrogen-bond acceptors (Lipinski definition) is 3. The third-order valence-corrected chi connectivity index (χ3v) is 3.03. The average molecular weight is 276 g/mol. The van der Waals surface area contributed by atoms with Crippen molar-refractivity contribution in [2.45, 2.75) is 13.3 Å². The first-order valence-corrected chi connectivity index (χ1v) is 6.77. The molecule has 0 fully saturated rings. The number of fused-ring (bicyclic) bond motifs is 1. The van der Waals surface area contributed by atoms with Crippen LogP contribution in [-0.2, 0) is 4.74 Å². The molecule has 2 rings (SSSR count). The summed E-state index contributed by atoms with van der Waals surface area (Å²) in [5.74, 6) is 0.678. The van der Waals surface area contributed by atoms with Crippen LogP contribution in [0.3, 0.4) is 0 Å². The highest BCUT2D eigenvalue weighted by Crippen LogP contribution is 2.21. The number of ether oxygens (including phenoxy) is 2. The van der Waals surface area contributed by atoms with Gasteiger partial charge in [-0.15, -0.1) is 0 Å². The molecule has 2 aromatic rings.